The van der Waals surface area contributed by atoms with E-state index in [2.05, 4.69) is 5.10 Å². The molecule has 0 spiro atoms. The molecule has 0 saturated carbocycles. The topological polar surface area (TPSA) is 43.8 Å². The molecule has 2 rings (SSSR count). The highest BCUT2D eigenvalue weighted by Crippen LogP contribution is 2.18. The van der Waals surface area contributed by atoms with Crippen molar-refractivity contribution in [3.63, 3.8) is 0 Å². The second-order valence-electron chi connectivity index (χ2n) is 3.64. The minimum Gasteiger partial charge on any atom is -0.330 e. The summed E-state index contributed by atoms with van der Waals surface area (Å²) in [7, 11) is 0. The standard InChI is InChI=1S/C12H14FN3.ClH/c13-12-4-2-10(3-5-12)11-8-15-16(9-11)7-1-6-14;/h2-5,8-9H,1,6-7,14H2;1H. The summed E-state index contributed by atoms with van der Waals surface area (Å²) >= 11 is 0. The largest absolute Gasteiger partial charge is 0.330 e. The lowest BCUT2D eigenvalue weighted by Gasteiger charge is -1.98. The van der Waals surface area contributed by atoms with Gasteiger partial charge in [-0.3, -0.25) is 4.68 Å². The van der Waals surface area contributed by atoms with Crippen molar-refractivity contribution < 1.29 is 4.39 Å². The summed E-state index contributed by atoms with van der Waals surface area (Å²) in [5.74, 6) is -0.223. The number of hydrogen-bond acceptors (Lipinski definition) is 2. The van der Waals surface area contributed by atoms with Crippen LogP contribution in [0.2, 0.25) is 0 Å². The molecule has 0 aliphatic carbocycles. The molecule has 17 heavy (non-hydrogen) atoms. The molecule has 1 aromatic carbocycles. The predicted molar refractivity (Wildman–Crippen MR) is 68.5 cm³/mol. The first-order valence-electron chi connectivity index (χ1n) is 5.28. The smallest absolute Gasteiger partial charge is 0.123 e. The predicted octanol–water partition coefficient (Wildman–Crippen LogP) is 2.46. The Morgan fingerprint density at radius 2 is 1.88 bits per heavy atom. The van der Waals surface area contributed by atoms with Gasteiger partial charge in [-0.05, 0) is 30.7 Å². The fourth-order valence-electron chi connectivity index (χ4n) is 1.53. The van der Waals surface area contributed by atoms with Crippen LogP contribution in [0.15, 0.2) is 36.7 Å². The van der Waals surface area contributed by atoms with E-state index < -0.39 is 0 Å². The first-order chi connectivity index (χ1) is 7.79. The van der Waals surface area contributed by atoms with Crippen molar-refractivity contribution in [2.24, 2.45) is 5.73 Å². The SMILES string of the molecule is Cl.NCCCn1cc(-c2ccc(F)cc2)cn1. The highest BCUT2D eigenvalue weighted by Gasteiger charge is 2.01. The van der Waals surface area contributed by atoms with Crippen molar-refractivity contribution in [3.8, 4) is 11.1 Å². The highest BCUT2D eigenvalue weighted by atomic mass is 35.5. The number of aromatic nitrogens is 2. The molecule has 92 valence electrons. The maximum absolute atomic E-state index is 12.7. The molecular weight excluding hydrogens is 241 g/mol. The van der Waals surface area contributed by atoms with Crippen molar-refractivity contribution in [2.45, 2.75) is 13.0 Å². The maximum atomic E-state index is 12.7. The van der Waals surface area contributed by atoms with Crippen molar-refractivity contribution in [1.29, 1.82) is 0 Å². The molecule has 3 nitrogen and oxygen atoms in total. The van der Waals surface area contributed by atoms with E-state index in [1.165, 1.54) is 12.1 Å². The van der Waals surface area contributed by atoms with Crippen LogP contribution in [0.25, 0.3) is 11.1 Å². The Hall–Kier alpha value is -1.39. The number of halogens is 2. The Bertz CT molecular complexity index is 453. The van der Waals surface area contributed by atoms with Gasteiger partial charge in [0.15, 0.2) is 0 Å². The minimum absolute atomic E-state index is 0. The van der Waals surface area contributed by atoms with Gasteiger partial charge in [-0.1, -0.05) is 12.1 Å². The number of benzene rings is 1. The second kappa shape index (κ2) is 6.37. The average Bonchev–Trinajstić information content (AvgIpc) is 2.76. The molecule has 0 aliphatic rings. The molecular formula is C12H15ClFN3. The van der Waals surface area contributed by atoms with E-state index in [1.807, 2.05) is 10.9 Å². The molecule has 2 aromatic rings. The summed E-state index contributed by atoms with van der Waals surface area (Å²) in [6.45, 7) is 1.48. The summed E-state index contributed by atoms with van der Waals surface area (Å²) in [5, 5.41) is 4.22. The van der Waals surface area contributed by atoms with Crippen LogP contribution in [-0.2, 0) is 6.54 Å². The Morgan fingerprint density at radius 1 is 1.18 bits per heavy atom. The number of aryl methyl sites for hydroxylation is 1. The van der Waals surface area contributed by atoms with E-state index >= 15 is 0 Å². The lowest BCUT2D eigenvalue weighted by atomic mass is 10.1. The van der Waals surface area contributed by atoms with Crippen LogP contribution in [0.5, 0.6) is 0 Å². The van der Waals surface area contributed by atoms with E-state index in [9.17, 15) is 4.39 Å². The number of rotatable bonds is 4. The number of hydrogen-bond donors (Lipinski definition) is 1. The molecule has 2 N–H and O–H groups in total. The van der Waals surface area contributed by atoms with Gasteiger partial charge >= 0.3 is 0 Å². The van der Waals surface area contributed by atoms with Crippen LogP contribution in [0.3, 0.4) is 0 Å². The zero-order chi connectivity index (χ0) is 11.4. The summed E-state index contributed by atoms with van der Waals surface area (Å²) in [6, 6.07) is 6.40. The van der Waals surface area contributed by atoms with E-state index in [-0.39, 0.29) is 18.2 Å². The van der Waals surface area contributed by atoms with Gasteiger partial charge in [0.2, 0.25) is 0 Å². The van der Waals surface area contributed by atoms with Crippen LogP contribution in [0.1, 0.15) is 6.42 Å². The monoisotopic (exact) mass is 255 g/mol. The Balaban J connectivity index is 0.00000144. The first kappa shape index (κ1) is 13.7. The molecule has 1 aromatic heterocycles. The van der Waals surface area contributed by atoms with Crippen LogP contribution in [0, 0.1) is 5.82 Å². The fraction of sp³-hybridized carbons (Fsp3) is 0.250. The lowest BCUT2D eigenvalue weighted by Crippen LogP contribution is -2.05. The molecule has 0 fully saturated rings. The Labute approximate surface area is 106 Å². The van der Waals surface area contributed by atoms with Gasteiger partial charge in [0, 0.05) is 18.3 Å². The Morgan fingerprint density at radius 3 is 2.53 bits per heavy atom. The summed E-state index contributed by atoms with van der Waals surface area (Å²) in [4.78, 5) is 0. The average molecular weight is 256 g/mol. The Kier molecular flexibility index (Phi) is 5.12. The van der Waals surface area contributed by atoms with E-state index in [0.29, 0.717) is 6.54 Å². The van der Waals surface area contributed by atoms with Gasteiger partial charge < -0.3 is 5.73 Å². The van der Waals surface area contributed by atoms with Crippen molar-refractivity contribution in [3.05, 3.63) is 42.5 Å². The number of nitrogens with two attached hydrogens (primary N) is 1. The summed E-state index contributed by atoms with van der Waals surface area (Å²) in [6.07, 6.45) is 4.64. The van der Waals surface area contributed by atoms with Gasteiger partial charge in [0.05, 0.1) is 6.20 Å². The van der Waals surface area contributed by atoms with Crippen LogP contribution < -0.4 is 5.73 Å². The van der Waals surface area contributed by atoms with Crippen LogP contribution in [-0.4, -0.2) is 16.3 Å². The second-order valence-corrected chi connectivity index (χ2v) is 3.64. The molecule has 5 heteroatoms. The molecule has 1 heterocycles. The highest BCUT2D eigenvalue weighted by molar-refractivity contribution is 5.85. The first-order valence-corrected chi connectivity index (χ1v) is 5.28. The molecule has 0 saturated heterocycles. The lowest BCUT2D eigenvalue weighted by molar-refractivity contribution is 0.585. The van der Waals surface area contributed by atoms with Crippen molar-refractivity contribution in [2.75, 3.05) is 6.54 Å². The normalized spacial score (nSPS) is 10.0. The molecule has 0 aliphatic heterocycles. The summed E-state index contributed by atoms with van der Waals surface area (Å²) in [5.41, 5.74) is 7.40. The van der Waals surface area contributed by atoms with Crippen LogP contribution in [0.4, 0.5) is 4.39 Å². The molecule has 0 bridgehead atoms. The van der Waals surface area contributed by atoms with Crippen molar-refractivity contribution in [1.82, 2.24) is 9.78 Å². The molecule has 0 radical (unpaired) electrons. The number of nitrogens with zero attached hydrogens (tertiary/aromatic N) is 2. The zero-order valence-electron chi connectivity index (χ0n) is 9.34. The van der Waals surface area contributed by atoms with Crippen LogP contribution >= 0.6 is 12.4 Å². The van der Waals surface area contributed by atoms with E-state index in [4.69, 9.17) is 5.73 Å². The third-order valence-corrected chi connectivity index (χ3v) is 2.40. The summed E-state index contributed by atoms with van der Waals surface area (Å²) < 4.78 is 14.6. The third kappa shape index (κ3) is 3.54. The van der Waals surface area contributed by atoms with E-state index in [0.717, 1.165) is 24.1 Å². The van der Waals surface area contributed by atoms with Gasteiger partial charge in [-0.2, -0.15) is 5.10 Å². The quantitative estimate of drug-likeness (QED) is 0.912. The molecule has 0 atom stereocenters. The molecule has 0 unspecified atom stereocenters. The molecule has 0 amide bonds. The minimum atomic E-state index is -0.223. The third-order valence-electron chi connectivity index (χ3n) is 2.40. The zero-order valence-corrected chi connectivity index (χ0v) is 10.2. The van der Waals surface area contributed by atoms with Gasteiger partial charge in [0.1, 0.15) is 5.82 Å². The van der Waals surface area contributed by atoms with Crippen molar-refractivity contribution >= 4 is 12.4 Å². The van der Waals surface area contributed by atoms with E-state index in [1.54, 1.807) is 18.3 Å². The maximum Gasteiger partial charge on any atom is 0.123 e. The fourth-order valence-corrected chi connectivity index (χ4v) is 1.53. The van der Waals surface area contributed by atoms with Gasteiger partial charge in [-0.15, -0.1) is 12.4 Å². The van der Waals surface area contributed by atoms with Gasteiger partial charge in [0.25, 0.3) is 0 Å². The van der Waals surface area contributed by atoms with Gasteiger partial charge in [-0.25, -0.2) is 4.39 Å².